The summed E-state index contributed by atoms with van der Waals surface area (Å²) < 4.78 is 7.03. The maximum Gasteiger partial charge on any atom is 0.168 e. The van der Waals surface area contributed by atoms with Crippen molar-refractivity contribution in [2.24, 2.45) is 0 Å². The van der Waals surface area contributed by atoms with E-state index in [1.54, 1.807) is 7.11 Å². The van der Waals surface area contributed by atoms with Gasteiger partial charge in [-0.2, -0.15) is 0 Å². The average molecular weight is 330 g/mol. The molecule has 130 valence electrons. The first-order valence-corrected chi connectivity index (χ1v) is 8.62. The summed E-state index contributed by atoms with van der Waals surface area (Å²) in [6.07, 6.45) is 0.999. The molecule has 1 aliphatic heterocycles. The minimum absolute atomic E-state index is 0.259. The quantitative estimate of drug-likeness (QED) is 0.768. The Bertz CT molecular complexity index is 609. The third-order valence-corrected chi connectivity index (χ3v) is 4.63. The van der Waals surface area contributed by atoms with E-state index >= 15 is 0 Å². The lowest BCUT2D eigenvalue weighted by molar-refractivity contribution is 0.157. The monoisotopic (exact) mass is 330 g/mol. The van der Waals surface area contributed by atoms with E-state index in [-0.39, 0.29) is 6.04 Å². The van der Waals surface area contributed by atoms with Gasteiger partial charge in [0.1, 0.15) is 0 Å². The second kappa shape index (κ2) is 8.21. The number of rotatable bonds is 7. The summed E-state index contributed by atoms with van der Waals surface area (Å²) in [5.74, 6) is 0.947. The Balaban J connectivity index is 1.65. The molecule has 7 nitrogen and oxygen atoms in total. The molecule has 0 radical (unpaired) electrons. The maximum atomic E-state index is 5.16. The van der Waals surface area contributed by atoms with Crippen molar-refractivity contribution in [2.75, 3.05) is 44.8 Å². The van der Waals surface area contributed by atoms with Crippen molar-refractivity contribution >= 4 is 5.69 Å². The van der Waals surface area contributed by atoms with Gasteiger partial charge in [0.05, 0.1) is 19.2 Å². The van der Waals surface area contributed by atoms with Crippen LogP contribution in [0, 0.1) is 0 Å². The number of benzene rings is 1. The smallest absolute Gasteiger partial charge is 0.168 e. The summed E-state index contributed by atoms with van der Waals surface area (Å²) in [6.45, 7) is 7.61. The molecule has 0 spiro atoms. The largest absolute Gasteiger partial charge is 0.383 e. The number of aromatic nitrogens is 4. The highest BCUT2D eigenvalue weighted by molar-refractivity contribution is 5.46. The Morgan fingerprint density at radius 3 is 2.54 bits per heavy atom. The number of ether oxygens (including phenoxy) is 1. The number of anilines is 1. The molecular formula is C17H26N6O. The lowest BCUT2D eigenvalue weighted by atomic mass is 10.1. The van der Waals surface area contributed by atoms with Crippen LogP contribution in [-0.2, 0) is 11.3 Å². The van der Waals surface area contributed by atoms with Crippen LogP contribution in [0.3, 0.4) is 0 Å². The van der Waals surface area contributed by atoms with Crippen molar-refractivity contribution in [3.8, 4) is 0 Å². The normalized spacial score (nSPS) is 17.2. The molecule has 3 rings (SSSR count). The maximum absolute atomic E-state index is 5.16. The summed E-state index contributed by atoms with van der Waals surface area (Å²) in [4.78, 5) is 4.94. The Morgan fingerprint density at radius 2 is 1.88 bits per heavy atom. The van der Waals surface area contributed by atoms with Gasteiger partial charge in [-0.25, -0.2) is 4.68 Å². The molecule has 24 heavy (non-hydrogen) atoms. The molecule has 2 heterocycles. The lowest BCUT2D eigenvalue weighted by Gasteiger charge is -2.39. The topological polar surface area (TPSA) is 59.3 Å². The standard InChI is InChI=1S/C17H26N6O/c1-3-16(17-18-19-20-23(17)13-14-24-2)22-11-9-21(10-12-22)15-7-5-4-6-8-15/h4-8,16H,3,9-14H2,1-2H3/t16-/m0/s1. The Morgan fingerprint density at radius 1 is 1.12 bits per heavy atom. The number of methoxy groups -OCH3 is 1. The van der Waals surface area contributed by atoms with E-state index in [9.17, 15) is 0 Å². The molecule has 7 heteroatoms. The van der Waals surface area contributed by atoms with Crippen molar-refractivity contribution < 1.29 is 4.74 Å². The number of hydrogen-bond acceptors (Lipinski definition) is 6. The van der Waals surface area contributed by atoms with Gasteiger partial charge in [-0.15, -0.1) is 5.10 Å². The Kier molecular flexibility index (Phi) is 5.77. The molecule has 2 aromatic rings. The highest BCUT2D eigenvalue weighted by Gasteiger charge is 2.27. The van der Waals surface area contributed by atoms with E-state index in [1.807, 2.05) is 4.68 Å². The van der Waals surface area contributed by atoms with Crippen molar-refractivity contribution in [1.29, 1.82) is 0 Å². The SMILES string of the molecule is CC[C@@H](c1nnnn1CCOC)N1CCN(c2ccccc2)CC1. The summed E-state index contributed by atoms with van der Waals surface area (Å²) in [7, 11) is 1.70. The van der Waals surface area contributed by atoms with E-state index in [0.29, 0.717) is 13.2 Å². The van der Waals surface area contributed by atoms with Crippen LogP contribution >= 0.6 is 0 Å². The molecule has 0 aliphatic carbocycles. The molecule has 0 unspecified atom stereocenters. The summed E-state index contributed by atoms with van der Waals surface area (Å²) in [5.41, 5.74) is 1.30. The third kappa shape index (κ3) is 3.73. The van der Waals surface area contributed by atoms with Crippen LogP contribution < -0.4 is 4.90 Å². The van der Waals surface area contributed by atoms with Gasteiger partial charge in [-0.1, -0.05) is 25.1 Å². The van der Waals surface area contributed by atoms with Gasteiger partial charge in [0.15, 0.2) is 5.82 Å². The Labute approximate surface area is 143 Å². The molecule has 0 saturated carbocycles. The van der Waals surface area contributed by atoms with E-state index in [0.717, 1.165) is 38.4 Å². The molecular weight excluding hydrogens is 304 g/mol. The van der Waals surface area contributed by atoms with Gasteiger partial charge >= 0.3 is 0 Å². The summed E-state index contributed by atoms with van der Waals surface area (Å²) in [6, 6.07) is 10.9. The number of para-hydroxylation sites is 1. The molecule has 0 bridgehead atoms. The minimum atomic E-state index is 0.259. The zero-order valence-corrected chi connectivity index (χ0v) is 14.5. The first-order valence-electron chi connectivity index (χ1n) is 8.62. The second-order valence-electron chi connectivity index (χ2n) is 6.04. The van der Waals surface area contributed by atoms with Crippen LogP contribution in [0.25, 0.3) is 0 Å². The molecule has 1 fully saturated rings. The summed E-state index contributed by atoms with van der Waals surface area (Å²) in [5, 5.41) is 12.3. The second-order valence-corrected chi connectivity index (χ2v) is 6.04. The van der Waals surface area contributed by atoms with Crippen LogP contribution in [0.4, 0.5) is 5.69 Å². The van der Waals surface area contributed by atoms with Gasteiger partial charge in [-0.05, 0) is 29.0 Å². The molecule has 1 saturated heterocycles. The lowest BCUT2D eigenvalue weighted by Crippen LogP contribution is -2.48. The fourth-order valence-electron chi connectivity index (χ4n) is 3.32. The van der Waals surface area contributed by atoms with Gasteiger partial charge in [0, 0.05) is 39.0 Å². The molecule has 1 aromatic heterocycles. The highest BCUT2D eigenvalue weighted by atomic mass is 16.5. The molecule has 1 aromatic carbocycles. The van der Waals surface area contributed by atoms with Gasteiger partial charge in [-0.3, -0.25) is 4.90 Å². The number of hydrogen-bond donors (Lipinski definition) is 0. The molecule has 0 N–H and O–H groups in total. The van der Waals surface area contributed by atoms with E-state index in [1.165, 1.54) is 5.69 Å². The van der Waals surface area contributed by atoms with Crippen LogP contribution in [0.5, 0.6) is 0 Å². The van der Waals surface area contributed by atoms with Gasteiger partial charge in [0.2, 0.25) is 0 Å². The predicted molar refractivity (Wildman–Crippen MR) is 93.0 cm³/mol. The fraction of sp³-hybridized carbons (Fsp3) is 0.588. The Hall–Kier alpha value is -1.99. The minimum Gasteiger partial charge on any atom is -0.383 e. The van der Waals surface area contributed by atoms with Crippen LogP contribution in [0.1, 0.15) is 25.2 Å². The zero-order chi connectivity index (χ0) is 16.8. The van der Waals surface area contributed by atoms with Crippen LogP contribution in [0.2, 0.25) is 0 Å². The van der Waals surface area contributed by atoms with E-state index in [4.69, 9.17) is 4.74 Å². The van der Waals surface area contributed by atoms with Crippen molar-refractivity contribution in [1.82, 2.24) is 25.1 Å². The van der Waals surface area contributed by atoms with Crippen molar-refractivity contribution in [3.63, 3.8) is 0 Å². The third-order valence-electron chi connectivity index (χ3n) is 4.63. The fourth-order valence-corrected chi connectivity index (χ4v) is 3.32. The highest BCUT2D eigenvalue weighted by Crippen LogP contribution is 2.25. The molecule has 1 atom stereocenters. The van der Waals surface area contributed by atoms with E-state index in [2.05, 4.69) is 62.6 Å². The number of nitrogens with zero attached hydrogens (tertiary/aromatic N) is 6. The van der Waals surface area contributed by atoms with Crippen LogP contribution in [0.15, 0.2) is 30.3 Å². The zero-order valence-electron chi connectivity index (χ0n) is 14.5. The van der Waals surface area contributed by atoms with E-state index < -0.39 is 0 Å². The van der Waals surface area contributed by atoms with Gasteiger partial charge in [0.25, 0.3) is 0 Å². The molecule has 1 aliphatic rings. The predicted octanol–water partition coefficient (Wildman–Crippen LogP) is 1.59. The first-order chi connectivity index (χ1) is 11.8. The van der Waals surface area contributed by atoms with Crippen LogP contribution in [-0.4, -0.2) is 65.0 Å². The molecule has 0 amide bonds. The number of piperazine rings is 1. The van der Waals surface area contributed by atoms with Crippen molar-refractivity contribution in [3.05, 3.63) is 36.2 Å². The van der Waals surface area contributed by atoms with Crippen molar-refractivity contribution in [2.45, 2.75) is 25.9 Å². The average Bonchev–Trinajstić information content (AvgIpc) is 3.10. The first kappa shape index (κ1) is 16.9. The number of tetrazole rings is 1. The summed E-state index contributed by atoms with van der Waals surface area (Å²) >= 11 is 0. The van der Waals surface area contributed by atoms with Gasteiger partial charge < -0.3 is 9.64 Å².